The van der Waals surface area contributed by atoms with Crippen LogP contribution in [-0.2, 0) is 6.42 Å². The zero-order chi connectivity index (χ0) is 41.0. The molecule has 0 bridgehead atoms. The standard InChI is InChI=1S/C52H80O3/c1-40(2)20-12-21-41(3)22-13-23-42(4)24-14-25-43(5)26-15-27-44(6)28-16-29-45(7)30-17-31-46(8)32-18-33-47(9)34-19-35-48(10)36-37-49-38-50(53)39-51(55-11)52(49)54/h20,22,24,26,28,30,32,34,36,38-39,53-54H,12-19,21,23,25,27,29,31,33,35,37H2,1-11H3/b41-22+,42-24+,43-26+,44-28+,45-30+,46-32+,47-34+,48-36+. The second-order valence-electron chi connectivity index (χ2n) is 16.4. The minimum Gasteiger partial charge on any atom is -0.508 e. The van der Waals surface area contributed by atoms with Crippen molar-refractivity contribution in [2.24, 2.45) is 0 Å². The van der Waals surface area contributed by atoms with E-state index in [1.54, 1.807) is 6.07 Å². The molecule has 0 spiro atoms. The average Bonchev–Trinajstić information content (AvgIpc) is 3.11. The summed E-state index contributed by atoms with van der Waals surface area (Å²) in [4.78, 5) is 0. The third kappa shape index (κ3) is 25.9. The van der Waals surface area contributed by atoms with Gasteiger partial charge in [0.2, 0.25) is 0 Å². The number of aromatic hydroxyl groups is 2. The zero-order valence-electron chi connectivity index (χ0n) is 37.2. The molecule has 0 radical (unpaired) electrons. The van der Waals surface area contributed by atoms with E-state index in [2.05, 4.69) is 124 Å². The van der Waals surface area contributed by atoms with E-state index < -0.39 is 0 Å². The van der Waals surface area contributed by atoms with Gasteiger partial charge in [-0.2, -0.15) is 0 Å². The first-order chi connectivity index (χ1) is 26.2. The molecule has 3 heteroatoms. The Hall–Kier alpha value is -3.72. The molecule has 0 aromatic heterocycles. The minimum absolute atomic E-state index is 0.0956. The summed E-state index contributed by atoms with van der Waals surface area (Å²) in [6.45, 7) is 22.4. The van der Waals surface area contributed by atoms with Crippen molar-refractivity contribution >= 4 is 0 Å². The maximum absolute atomic E-state index is 10.3. The number of hydrogen-bond acceptors (Lipinski definition) is 3. The van der Waals surface area contributed by atoms with E-state index >= 15 is 0 Å². The minimum atomic E-state index is 0.0956. The number of benzene rings is 1. The van der Waals surface area contributed by atoms with E-state index in [-0.39, 0.29) is 11.5 Å². The largest absolute Gasteiger partial charge is 0.508 e. The normalized spacial score (nSPS) is 14.2. The molecule has 55 heavy (non-hydrogen) atoms. The van der Waals surface area contributed by atoms with Gasteiger partial charge < -0.3 is 14.9 Å². The van der Waals surface area contributed by atoms with Gasteiger partial charge in [0.1, 0.15) is 5.75 Å². The number of ether oxygens (including phenoxy) is 1. The number of phenolic OH excluding ortho intramolecular Hbond substituents is 2. The highest BCUT2D eigenvalue weighted by atomic mass is 16.5. The van der Waals surface area contributed by atoms with Crippen LogP contribution in [0.4, 0.5) is 0 Å². The van der Waals surface area contributed by atoms with Gasteiger partial charge in [-0.3, -0.25) is 0 Å². The van der Waals surface area contributed by atoms with Crippen LogP contribution in [0, 0.1) is 0 Å². The molecular formula is C52H80O3. The lowest BCUT2D eigenvalue weighted by Crippen LogP contribution is -1.90. The van der Waals surface area contributed by atoms with Gasteiger partial charge in [-0.05, 0) is 184 Å². The summed E-state index contributed by atoms with van der Waals surface area (Å²) in [6.07, 6.45) is 40.0. The van der Waals surface area contributed by atoms with Crippen molar-refractivity contribution in [2.75, 3.05) is 7.11 Å². The number of methoxy groups -OCH3 is 1. The Morgan fingerprint density at radius 1 is 0.418 bits per heavy atom. The quantitative estimate of drug-likeness (QED) is 0.0695. The molecule has 0 atom stereocenters. The van der Waals surface area contributed by atoms with Crippen LogP contribution >= 0.6 is 0 Å². The van der Waals surface area contributed by atoms with Gasteiger partial charge in [-0.15, -0.1) is 0 Å². The molecule has 0 aliphatic heterocycles. The van der Waals surface area contributed by atoms with Crippen LogP contribution in [0.1, 0.15) is 178 Å². The number of phenols is 2. The van der Waals surface area contributed by atoms with Crippen LogP contribution in [0.2, 0.25) is 0 Å². The number of allylic oxidation sites excluding steroid dienone is 18. The van der Waals surface area contributed by atoms with Crippen LogP contribution in [0.5, 0.6) is 17.2 Å². The first kappa shape index (κ1) is 49.3. The lowest BCUT2D eigenvalue weighted by Gasteiger charge is -2.09. The smallest absolute Gasteiger partial charge is 0.164 e. The van der Waals surface area contributed by atoms with Crippen molar-refractivity contribution in [3.63, 3.8) is 0 Å². The Bertz CT molecular complexity index is 1560. The van der Waals surface area contributed by atoms with E-state index in [9.17, 15) is 10.2 Å². The van der Waals surface area contributed by atoms with Crippen molar-refractivity contribution in [1.82, 2.24) is 0 Å². The van der Waals surface area contributed by atoms with Crippen molar-refractivity contribution < 1.29 is 14.9 Å². The van der Waals surface area contributed by atoms with Crippen molar-refractivity contribution in [3.05, 3.63) is 123 Å². The van der Waals surface area contributed by atoms with E-state index in [1.807, 2.05) is 0 Å². The molecule has 1 aromatic carbocycles. The second kappa shape index (κ2) is 29.6. The van der Waals surface area contributed by atoms with E-state index in [4.69, 9.17) is 4.74 Å². The predicted octanol–water partition coefficient (Wildman–Crippen LogP) is 16.4. The first-order valence-corrected chi connectivity index (χ1v) is 21.2. The van der Waals surface area contributed by atoms with Gasteiger partial charge in [0.25, 0.3) is 0 Å². The summed E-state index contributed by atoms with van der Waals surface area (Å²) in [6, 6.07) is 3.02. The SMILES string of the molecule is COc1cc(O)cc(C/C=C(\C)CC/C=C(\C)CC/C=C(\C)CC/C=C(\C)CC/C=C(\C)CC/C=C(\C)CC/C=C(\C)CC/C=C(\C)CCC=C(C)C)c1O. The Morgan fingerprint density at radius 3 is 0.964 bits per heavy atom. The molecule has 0 heterocycles. The third-order valence-corrected chi connectivity index (χ3v) is 10.3. The predicted molar refractivity (Wildman–Crippen MR) is 243 cm³/mol. The third-order valence-electron chi connectivity index (χ3n) is 10.3. The summed E-state index contributed by atoms with van der Waals surface area (Å²) < 4.78 is 5.15. The average molecular weight is 753 g/mol. The van der Waals surface area contributed by atoms with E-state index in [0.717, 1.165) is 83.5 Å². The molecule has 1 rings (SSSR count). The van der Waals surface area contributed by atoms with Crippen molar-refractivity contribution in [2.45, 2.75) is 178 Å². The highest BCUT2D eigenvalue weighted by molar-refractivity contribution is 5.51. The molecule has 3 nitrogen and oxygen atoms in total. The number of hydrogen-bond donors (Lipinski definition) is 2. The van der Waals surface area contributed by atoms with Crippen LogP contribution in [-0.4, -0.2) is 17.3 Å². The maximum Gasteiger partial charge on any atom is 0.164 e. The second-order valence-corrected chi connectivity index (χ2v) is 16.4. The van der Waals surface area contributed by atoms with Crippen LogP contribution in [0.15, 0.2) is 117 Å². The van der Waals surface area contributed by atoms with Crippen LogP contribution in [0.25, 0.3) is 0 Å². The van der Waals surface area contributed by atoms with Gasteiger partial charge in [0, 0.05) is 11.6 Å². The molecular weight excluding hydrogens is 673 g/mol. The van der Waals surface area contributed by atoms with Gasteiger partial charge >= 0.3 is 0 Å². The van der Waals surface area contributed by atoms with E-state index in [0.29, 0.717) is 17.7 Å². The summed E-state index contributed by atoms with van der Waals surface area (Å²) in [7, 11) is 1.49. The van der Waals surface area contributed by atoms with Gasteiger partial charge in [0.05, 0.1) is 7.11 Å². The fourth-order valence-electron chi connectivity index (χ4n) is 6.47. The summed E-state index contributed by atoms with van der Waals surface area (Å²) in [5.41, 5.74) is 13.9. The Kier molecular flexibility index (Phi) is 26.5. The molecule has 0 unspecified atom stereocenters. The monoisotopic (exact) mass is 753 g/mol. The highest BCUT2D eigenvalue weighted by Gasteiger charge is 2.09. The molecule has 0 amide bonds. The first-order valence-electron chi connectivity index (χ1n) is 21.2. The lowest BCUT2D eigenvalue weighted by molar-refractivity contribution is 0.366. The summed E-state index contributed by atoms with van der Waals surface area (Å²) in [5, 5.41) is 20.2. The molecule has 0 saturated carbocycles. The molecule has 0 fully saturated rings. The molecule has 0 aliphatic rings. The molecule has 1 aromatic rings. The lowest BCUT2D eigenvalue weighted by atomic mass is 10.0. The fourth-order valence-corrected chi connectivity index (χ4v) is 6.47. The topological polar surface area (TPSA) is 49.7 Å². The van der Waals surface area contributed by atoms with Gasteiger partial charge in [-0.25, -0.2) is 0 Å². The fraction of sp³-hybridized carbons (Fsp3) is 0.538. The van der Waals surface area contributed by atoms with Crippen molar-refractivity contribution in [3.8, 4) is 17.2 Å². The van der Waals surface area contributed by atoms with Crippen LogP contribution < -0.4 is 4.74 Å². The summed E-state index contributed by atoms with van der Waals surface area (Å²) in [5.74, 6) is 0.498. The molecule has 0 saturated heterocycles. The molecule has 2 N–H and O–H groups in total. The zero-order valence-corrected chi connectivity index (χ0v) is 37.2. The van der Waals surface area contributed by atoms with Crippen molar-refractivity contribution in [1.29, 1.82) is 0 Å². The Balaban J connectivity index is 2.27. The Labute approximate surface area is 339 Å². The summed E-state index contributed by atoms with van der Waals surface area (Å²) >= 11 is 0. The van der Waals surface area contributed by atoms with Gasteiger partial charge in [0.15, 0.2) is 11.5 Å². The highest BCUT2D eigenvalue weighted by Crippen LogP contribution is 2.34. The molecule has 0 aliphatic carbocycles. The van der Waals surface area contributed by atoms with Crippen LogP contribution in [0.3, 0.4) is 0 Å². The number of rotatable bonds is 27. The van der Waals surface area contributed by atoms with Gasteiger partial charge in [-0.1, -0.05) is 105 Å². The Morgan fingerprint density at radius 2 is 0.691 bits per heavy atom. The molecule has 306 valence electrons. The maximum atomic E-state index is 10.3. The van der Waals surface area contributed by atoms with E-state index in [1.165, 1.54) is 82.6 Å².